The van der Waals surface area contributed by atoms with Crippen LogP contribution in [0.15, 0.2) is 24.4 Å². The summed E-state index contributed by atoms with van der Waals surface area (Å²) in [4.78, 5) is 0. The zero-order chi connectivity index (χ0) is 19.6. The van der Waals surface area contributed by atoms with E-state index in [1.807, 2.05) is 0 Å². The van der Waals surface area contributed by atoms with Gasteiger partial charge in [-0.1, -0.05) is 38.8 Å². The van der Waals surface area contributed by atoms with Gasteiger partial charge in [-0.3, -0.25) is 0 Å². The maximum Gasteiger partial charge on any atom is 0.278 e. The highest BCUT2D eigenvalue weighted by Gasteiger charge is 2.19. The highest BCUT2D eigenvalue weighted by atomic mass is 32.2. The Kier molecular flexibility index (Phi) is 6.28. The summed E-state index contributed by atoms with van der Waals surface area (Å²) in [6.45, 7) is 5.86. The molecule has 6 heteroatoms. The summed E-state index contributed by atoms with van der Waals surface area (Å²) in [7, 11) is -0.289. The quantitative estimate of drug-likeness (QED) is 0.742. The molecule has 0 amide bonds. The topological polar surface area (TPSA) is 54.3 Å². The fraction of sp³-hybridized carbons (Fsp3) is 0.619. The van der Waals surface area contributed by atoms with Crippen LogP contribution in [0.25, 0.3) is 10.9 Å². The molecule has 0 spiro atoms. The summed E-state index contributed by atoms with van der Waals surface area (Å²) in [6, 6.07) is 6.91. The minimum atomic E-state index is -3.38. The van der Waals surface area contributed by atoms with E-state index < -0.39 is 10.2 Å². The number of nitrogens with zero attached hydrogens (tertiary/aromatic N) is 2. The summed E-state index contributed by atoms with van der Waals surface area (Å²) >= 11 is 0. The van der Waals surface area contributed by atoms with Crippen LogP contribution in [0.4, 0.5) is 0 Å². The van der Waals surface area contributed by atoms with Gasteiger partial charge in [-0.15, -0.1) is 0 Å². The monoisotopic (exact) mass is 391 g/mol. The van der Waals surface area contributed by atoms with Crippen LogP contribution in [0, 0.1) is 5.92 Å². The summed E-state index contributed by atoms with van der Waals surface area (Å²) in [5, 5.41) is 1.25. The average Bonchev–Trinajstić information content (AvgIpc) is 3.23. The fourth-order valence-electron chi connectivity index (χ4n) is 4.09. The first-order chi connectivity index (χ1) is 12.8. The first-order valence-corrected chi connectivity index (χ1v) is 11.5. The minimum Gasteiger partial charge on any atom is -0.347 e. The Morgan fingerprint density at radius 2 is 1.93 bits per heavy atom. The Hall–Kier alpha value is -1.37. The Morgan fingerprint density at radius 1 is 1.22 bits per heavy atom. The summed E-state index contributed by atoms with van der Waals surface area (Å²) < 4.78 is 30.1. The largest absolute Gasteiger partial charge is 0.347 e. The van der Waals surface area contributed by atoms with Crippen LogP contribution in [0.5, 0.6) is 0 Å². The number of nitrogens with one attached hydrogen (secondary N) is 1. The number of fused-ring (bicyclic) bond motifs is 1. The van der Waals surface area contributed by atoms with E-state index in [1.165, 1.54) is 52.0 Å². The standard InChI is InChI=1S/C21H33N3O2S/c1-16(2)14-24-15-19(11-12-22-27(25,26)23(3)4)20-10-9-18(13-21(20)24)17-7-5-6-8-17/h9-10,13,15-17,22H,5-8,11-12,14H2,1-4H3. The molecule has 1 saturated carbocycles. The van der Waals surface area contributed by atoms with Crippen LogP contribution in [0.3, 0.4) is 0 Å². The predicted molar refractivity (Wildman–Crippen MR) is 112 cm³/mol. The zero-order valence-electron chi connectivity index (χ0n) is 17.0. The molecule has 1 aliphatic carbocycles. The molecule has 1 fully saturated rings. The number of benzene rings is 1. The lowest BCUT2D eigenvalue weighted by Gasteiger charge is -2.12. The van der Waals surface area contributed by atoms with Gasteiger partial charge in [0.05, 0.1) is 0 Å². The molecule has 1 N–H and O–H groups in total. The first-order valence-electron chi connectivity index (χ1n) is 10.1. The van der Waals surface area contributed by atoms with Crippen molar-refractivity contribution in [2.45, 2.75) is 58.4 Å². The van der Waals surface area contributed by atoms with Crippen molar-refractivity contribution in [1.29, 1.82) is 0 Å². The van der Waals surface area contributed by atoms with E-state index in [1.54, 1.807) is 14.1 Å². The number of rotatable bonds is 8. The molecule has 0 aliphatic heterocycles. The van der Waals surface area contributed by atoms with E-state index in [4.69, 9.17) is 0 Å². The molecule has 1 aliphatic rings. The van der Waals surface area contributed by atoms with Crippen molar-refractivity contribution in [3.05, 3.63) is 35.5 Å². The van der Waals surface area contributed by atoms with Gasteiger partial charge < -0.3 is 4.57 Å². The predicted octanol–water partition coefficient (Wildman–Crippen LogP) is 3.89. The molecule has 5 nitrogen and oxygen atoms in total. The van der Waals surface area contributed by atoms with Gasteiger partial charge in [-0.05, 0) is 48.3 Å². The second-order valence-electron chi connectivity index (χ2n) is 8.39. The Labute approximate surface area is 163 Å². The number of hydrogen-bond acceptors (Lipinski definition) is 2. The van der Waals surface area contributed by atoms with Crippen molar-refractivity contribution < 1.29 is 8.42 Å². The van der Waals surface area contributed by atoms with Crippen LogP contribution >= 0.6 is 0 Å². The van der Waals surface area contributed by atoms with Gasteiger partial charge in [0.1, 0.15) is 0 Å². The number of aromatic nitrogens is 1. The summed E-state index contributed by atoms with van der Waals surface area (Å²) in [5.41, 5.74) is 3.96. The smallest absolute Gasteiger partial charge is 0.278 e. The molecule has 2 aromatic rings. The molecule has 0 radical (unpaired) electrons. The normalized spacial score (nSPS) is 16.2. The molecule has 0 atom stereocenters. The molecule has 1 aromatic heterocycles. The third-order valence-corrected chi connectivity index (χ3v) is 7.07. The molecule has 0 unspecified atom stereocenters. The Balaban J connectivity index is 1.86. The average molecular weight is 392 g/mol. The molecule has 150 valence electrons. The highest BCUT2D eigenvalue weighted by molar-refractivity contribution is 7.87. The summed E-state index contributed by atoms with van der Waals surface area (Å²) in [6.07, 6.45) is 8.19. The SMILES string of the molecule is CC(C)Cn1cc(CCNS(=O)(=O)N(C)C)c2ccc(C3CCCC3)cc21. The van der Waals surface area contributed by atoms with Gasteiger partial charge in [-0.2, -0.15) is 12.7 Å². The lowest BCUT2D eigenvalue weighted by Crippen LogP contribution is -2.36. The van der Waals surface area contributed by atoms with Crippen molar-refractivity contribution in [3.63, 3.8) is 0 Å². The molecular weight excluding hydrogens is 358 g/mol. The van der Waals surface area contributed by atoms with E-state index in [-0.39, 0.29) is 0 Å². The third-order valence-electron chi connectivity index (χ3n) is 5.54. The molecule has 0 saturated heterocycles. The molecule has 27 heavy (non-hydrogen) atoms. The van der Waals surface area contributed by atoms with Crippen molar-refractivity contribution in [2.75, 3.05) is 20.6 Å². The van der Waals surface area contributed by atoms with Crippen molar-refractivity contribution in [1.82, 2.24) is 13.6 Å². The first kappa shape index (κ1) is 20.4. The zero-order valence-corrected chi connectivity index (χ0v) is 17.8. The van der Waals surface area contributed by atoms with E-state index >= 15 is 0 Å². The van der Waals surface area contributed by atoms with Crippen LogP contribution < -0.4 is 4.72 Å². The summed E-state index contributed by atoms with van der Waals surface area (Å²) in [5.74, 6) is 1.27. The maximum atomic E-state index is 11.9. The van der Waals surface area contributed by atoms with Gasteiger partial charge >= 0.3 is 0 Å². The van der Waals surface area contributed by atoms with E-state index in [0.717, 1.165) is 6.54 Å². The van der Waals surface area contributed by atoms with Gasteiger partial charge in [0.25, 0.3) is 10.2 Å². The third kappa shape index (κ3) is 4.73. The van der Waals surface area contributed by atoms with Crippen molar-refractivity contribution in [2.24, 2.45) is 5.92 Å². The Bertz CT molecular complexity index is 878. The van der Waals surface area contributed by atoms with E-state index in [2.05, 4.69) is 47.5 Å². The fourth-order valence-corrected chi connectivity index (χ4v) is 4.70. The van der Waals surface area contributed by atoms with Crippen LogP contribution in [-0.4, -0.2) is 37.9 Å². The lowest BCUT2D eigenvalue weighted by atomic mass is 9.96. The molecule has 1 aromatic carbocycles. The van der Waals surface area contributed by atoms with Crippen molar-refractivity contribution >= 4 is 21.1 Å². The van der Waals surface area contributed by atoms with Crippen LogP contribution in [0.1, 0.15) is 56.6 Å². The minimum absolute atomic E-state index is 0.408. The Morgan fingerprint density at radius 3 is 2.56 bits per heavy atom. The second kappa shape index (κ2) is 8.33. The van der Waals surface area contributed by atoms with Gasteiger partial charge in [0, 0.05) is 44.3 Å². The lowest BCUT2D eigenvalue weighted by molar-refractivity contribution is 0.506. The molecule has 1 heterocycles. The highest BCUT2D eigenvalue weighted by Crippen LogP contribution is 2.36. The van der Waals surface area contributed by atoms with E-state index in [0.29, 0.717) is 24.8 Å². The van der Waals surface area contributed by atoms with E-state index in [9.17, 15) is 8.42 Å². The second-order valence-corrected chi connectivity index (χ2v) is 10.4. The van der Waals surface area contributed by atoms with Crippen LogP contribution in [-0.2, 0) is 23.2 Å². The molecule has 0 bridgehead atoms. The molecule has 3 rings (SSSR count). The maximum absolute atomic E-state index is 11.9. The molecular formula is C21H33N3O2S. The van der Waals surface area contributed by atoms with Gasteiger partial charge in [-0.25, -0.2) is 4.72 Å². The van der Waals surface area contributed by atoms with Crippen molar-refractivity contribution in [3.8, 4) is 0 Å². The van der Waals surface area contributed by atoms with Gasteiger partial charge in [0.15, 0.2) is 0 Å². The van der Waals surface area contributed by atoms with Crippen LogP contribution in [0.2, 0.25) is 0 Å². The van der Waals surface area contributed by atoms with Gasteiger partial charge in [0.2, 0.25) is 0 Å². The number of hydrogen-bond donors (Lipinski definition) is 1.